The molecule has 0 aliphatic rings. The van der Waals surface area contributed by atoms with Crippen molar-refractivity contribution < 1.29 is 4.74 Å². The fourth-order valence-electron chi connectivity index (χ4n) is 1.79. The second-order valence-corrected chi connectivity index (χ2v) is 5.89. The lowest BCUT2D eigenvalue weighted by Crippen LogP contribution is -2.20. The Morgan fingerprint density at radius 1 is 1.10 bits per heavy atom. The van der Waals surface area contributed by atoms with E-state index in [9.17, 15) is 0 Å². The highest BCUT2D eigenvalue weighted by molar-refractivity contribution is 14.1. The van der Waals surface area contributed by atoms with Crippen LogP contribution in [-0.4, -0.2) is 12.2 Å². The standard InChI is InChI=1S/C15H15IN2OS/c1-10-9-11(16)7-8-12(10)17-15(20)18-13-5-3-4-6-14(13)19-2/h3-9H,1-2H3,(H2,17,18,20). The van der Waals surface area contributed by atoms with Gasteiger partial charge in [0.2, 0.25) is 0 Å². The predicted molar refractivity (Wildman–Crippen MR) is 96.7 cm³/mol. The first-order chi connectivity index (χ1) is 9.60. The molecule has 2 aromatic carbocycles. The lowest BCUT2D eigenvalue weighted by Gasteiger charge is -2.14. The van der Waals surface area contributed by atoms with Gasteiger partial charge in [0.1, 0.15) is 5.75 Å². The van der Waals surface area contributed by atoms with E-state index in [2.05, 4.69) is 46.2 Å². The third-order valence-electron chi connectivity index (χ3n) is 2.79. The summed E-state index contributed by atoms with van der Waals surface area (Å²) in [5.41, 5.74) is 2.99. The average molecular weight is 398 g/mol. The molecule has 0 saturated heterocycles. The van der Waals surface area contributed by atoms with Crippen LogP contribution in [0.3, 0.4) is 0 Å². The Bertz CT molecular complexity index is 631. The summed E-state index contributed by atoms with van der Waals surface area (Å²) in [7, 11) is 1.64. The maximum Gasteiger partial charge on any atom is 0.175 e. The van der Waals surface area contributed by atoms with Gasteiger partial charge in [0.25, 0.3) is 0 Å². The molecule has 0 fully saturated rings. The van der Waals surface area contributed by atoms with Gasteiger partial charge in [-0.3, -0.25) is 0 Å². The molecule has 0 amide bonds. The molecule has 0 unspecified atom stereocenters. The van der Waals surface area contributed by atoms with Crippen LogP contribution in [-0.2, 0) is 0 Å². The molecule has 0 atom stereocenters. The van der Waals surface area contributed by atoms with Crippen LogP contribution in [0.5, 0.6) is 5.75 Å². The summed E-state index contributed by atoms with van der Waals surface area (Å²) in [5.74, 6) is 0.760. The predicted octanol–water partition coefficient (Wildman–Crippen LogP) is 4.42. The molecule has 2 N–H and O–H groups in total. The van der Waals surface area contributed by atoms with E-state index in [1.165, 1.54) is 3.57 Å². The number of halogens is 1. The number of hydrogen-bond donors (Lipinski definition) is 2. The van der Waals surface area contributed by atoms with Crippen molar-refractivity contribution in [2.45, 2.75) is 6.92 Å². The van der Waals surface area contributed by atoms with E-state index < -0.39 is 0 Å². The molecule has 0 aromatic heterocycles. The summed E-state index contributed by atoms with van der Waals surface area (Å²) in [6.07, 6.45) is 0. The molecular weight excluding hydrogens is 383 g/mol. The Balaban J connectivity index is 2.09. The molecule has 3 nitrogen and oxygen atoms in total. The third kappa shape index (κ3) is 3.83. The highest BCUT2D eigenvalue weighted by Crippen LogP contribution is 2.24. The van der Waals surface area contributed by atoms with Crippen LogP contribution in [0, 0.1) is 10.5 Å². The van der Waals surface area contributed by atoms with Gasteiger partial charge < -0.3 is 15.4 Å². The summed E-state index contributed by atoms with van der Waals surface area (Å²) in [4.78, 5) is 0. The summed E-state index contributed by atoms with van der Waals surface area (Å²) in [6, 6.07) is 13.8. The van der Waals surface area contributed by atoms with E-state index in [1.807, 2.05) is 36.4 Å². The van der Waals surface area contributed by atoms with Gasteiger partial charge >= 0.3 is 0 Å². The van der Waals surface area contributed by atoms with Gasteiger partial charge in [0, 0.05) is 9.26 Å². The molecule has 104 valence electrons. The average Bonchev–Trinajstić information content (AvgIpc) is 2.42. The zero-order valence-corrected chi connectivity index (χ0v) is 14.2. The summed E-state index contributed by atoms with van der Waals surface area (Å²) in [6.45, 7) is 2.05. The topological polar surface area (TPSA) is 33.3 Å². The molecule has 20 heavy (non-hydrogen) atoms. The van der Waals surface area contributed by atoms with Crippen molar-refractivity contribution >= 4 is 51.3 Å². The first kappa shape index (κ1) is 15.1. The van der Waals surface area contributed by atoms with Crippen molar-refractivity contribution in [1.29, 1.82) is 0 Å². The smallest absolute Gasteiger partial charge is 0.175 e. The van der Waals surface area contributed by atoms with Crippen molar-refractivity contribution in [2.24, 2.45) is 0 Å². The number of aryl methyl sites for hydroxylation is 1. The first-order valence-electron chi connectivity index (χ1n) is 6.07. The van der Waals surface area contributed by atoms with Gasteiger partial charge in [0.15, 0.2) is 5.11 Å². The van der Waals surface area contributed by atoms with Crippen LogP contribution in [0.25, 0.3) is 0 Å². The summed E-state index contributed by atoms with van der Waals surface area (Å²) < 4.78 is 6.49. The Labute approximate surface area is 137 Å². The Morgan fingerprint density at radius 3 is 2.50 bits per heavy atom. The van der Waals surface area contributed by atoms with Crippen LogP contribution in [0.1, 0.15) is 5.56 Å². The normalized spacial score (nSPS) is 9.95. The van der Waals surface area contributed by atoms with E-state index >= 15 is 0 Å². The Kier molecular flexibility index (Phi) is 5.19. The van der Waals surface area contributed by atoms with Crippen molar-refractivity contribution in [3.05, 3.63) is 51.6 Å². The number of methoxy groups -OCH3 is 1. The van der Waals surface area contributed by atoms with Gasteiger partial charge in [-0.25, -0.2) is 0 Å². The molecular formula is C15H15IN2OS. The number of rotatable bonds is 3. The fourth-order valence-corrected chi connectivity index (χ4v) is 2.66. The molecule has 0 spiro atoms. The van der Waals surface area contributed by atoms with Crippen molar-refractivity contribution in [2.75, 3.05) is 17.7 Å². The van der Waals surface area contributed by atoms with Crippen molar-refractivity contribution in [3.8, 4) is 5.75 Å². The van der Waals surface area contributed by atoms with Gasteiger partial charge in [-0.15, -0.1) is 0 Å². The molecule has 0 bridgehead atoms. The van der Waals surface area contributed by atoms with Crippen LogP contribution < -0.4 is 15.4 Å². The molecule has 0 radical (unpaired) electrons. The van der Waals surface area contributed by atoms with Crippen LogP contribution in [0.2, 0.25) is 0 Å². The highest BCUT2D eigenvalue weighted by atomic mass is 127. The minimum absolute atomic E-state index is 0.541. The van der Waals surface area contributed by atoms with E-state index in [1.54, 1.807) is 7.11 Å². The van der Waals surface area contributed by atoms with Crippen molar-refractivity contribution in [1.82, 2.24) is 0 Å². The molecule has 0 heterocycles. The van der Waals surface area contributed by atoms with Gasteiger partial charge in [-0.1, -0.05) is 12.1 Å². The van der Waals surface area contributed by atoms with Gasteiger partial charge in [0.05, 0.1) is 12.8 Å². The number of benzene rings is 2. The molecule has 5 heteroatoms. The second-order valence-electron chi connectivity index (χ2n) is 4.24. The number of para-hydroxylation sites is 2. The van der Waals surface area contributed by atoms with E-state index in [-0.39, 0.29) is 0 Å². The molecule has 2 aromatic rings. The monoisotopic (exact) mass is 398 g/mol. The highest BCUT2D eigenvalue weighted by Gasteiger charge is 2.05. The Hall–Kier alpha value is -1.34. The Morgan fingerprint density at radius 2 is 1.80 bits per heavy atom. The van der Waals surface area contributed by atoms with Gasteiger partial charge in [-0.05, 0) is 77.6 Å². The number of ether oxygens (including phenoxy) is 1. The molecule has 0 saturated carbocycles. The minimum Gasteiger partial charge on any atom is -0.495 e. The van der Waals surface area contributed by atoms with E-state index in [0.29, 0.717) is 5.11 Å². The molecule has 2 rings (SSSR count). The van der Waals surface area contributed by atoms with E-state index in [0.717, 1.165) is 22.7 Å². The number of thiocarbonyl (C=S) groups is 1. The zero-order chi connectivity index (χ0) is 14.5. The first-order valence-corrected chi connectivity index (χ1v) is 7.56. The summed E-state index contributed by atoms with van der Waals surface area (Å²) >= 11 is 7.63. The maximum atomic E-state index is 5.34. The lowest BCUT2D eigenvalue weighted by molar-refractivity contribution is 0.417. The lowest BCUT2D eigenvalue weighted by atomic mass is 10.2. The van der Waals surface area contributed by atoms with Crippen LogP contribution in [0.4, 0.5) is 11.4 Å². The minimum atomic E-state index is 0.541. The third-order valence-corrected chi connectivity index (χ3v) is 3.67. The van der Waals surface area contributed by atoms with Crippen molar-refractivity contribution in [3.63, 3.8) is 0 Å². The SMILES string of the molecule is COc1ccccc1NC(=S)Nc1ccc(I)cc1C. The van der Waals surface area contributed by atoms with Crippen LogP contribution in [0.15, 0.2) is 42.5 Å². The fraction of sp³-hybridized carbons (Fsp3) is 0.133. The quantitative estimate of drug-likeness (QED) is 0.593. The molecule has 0 aliphatic heterocycles. The second kappa shape index (κ2) is 6.90. The van der Waals surface area contributed by atoms with E-state index in [4.69, 9.17) is 17.0 Å². The largest absolute Gasteiger partial charge is 0.495 e. The van der Waals surface area contributed by atoms with Crippen LogP contribution >= 0.6 is 34.8 Å². The number of nitrogens with one attached hydrogen (secondary N) is 2. The maximum absolute atomic E-state index is 5.34. The number of anilines is 2. The summed E-state index contributed by atoms with van der Waals surface area (Å²) in [5, 5.41) is 6.88. The zero-order valence-electron chi connectivity index (χ0n) is 11.2. The van der Waals surface area contributed by atoms with Gasteiger partial charge in [-0.2, -0.15) is 0 Å². The number of hydrogen-bond acceptors (Lipinski definition) is 2. The molecule has 0 aliphatic carbocycles.